The molecule has 0 aliphatic rings. The number of nitrogens with zero attached hydrogens (tertiary/aromatic N) is 1. The van der Waals surface area contributed by atoms with Crippen LogP contribution in [-0.2, 0) is 4.79 Å². The predicted octanol–water partition coefficient (Wildman–Crippen LogP) is 4.57. The van der Waals surface area contributed by atoms with Gasteiger partial charge in [-0.2, -0.15) is 0 Å². The van der Waals surface area contributed by atoms with Gasteiger partial charge in [0.05, 0.1) is 32.1 Å². The maximum Gasteiger partial charge on any atom is 0.243 e. The van der Waals surface area contributed by atoms with Crippen molar-refractivity contribution in [3.05, 3.63) is 72.8 Å². The number of anilines is 2. The highest BCUT2D eigenvalue weighted by Crippen LogP contribution is 2.32. The molecular formula is C23H24N2O4. The van der Waals surface area contributed by atoms with Gasteiger partial charge in [0, 0.05) is 13.1 Å². The molecule has 0 atom stereocenters. The maximum absolute atomic E-state index is 12.6. The number of ether oxygens (including phenoxy) is 3. The molecule has 3 aromatic carbocycles. The van der Waals surface area contributed by atoms with Gasteiger partial charge in [0.25, 0.3) is 0 Å². The summed E-state index contributed by atoms with van der Waals surface area (Å²) < 4.78 is 16.5. The molecule has 0 saturated heterocycles. The monoisotopic (exact) mass is 392 g/mol. The summed E-state index contributed by atoms with van der Waals surface area (Å²) in [5.74, 6) is 2.43. The Morgan fingerprint density at radius 3 is 2.31 bits per heavy atom. The molecule has 0 fully saturated rings. The lowest BCUT2D eigenvalue weighted by Gasteiger charge is -2.22. The van der Waals surface area contributed by atoms with Gasteiger partial charge in [0.15, 0.2) is 5.75 Å². The molecule has 6 nitrogen and oxygen atoms in total. The number of amides is 1. The normalized spacial score (nSPS) is 10.2. The average molecular weight is 392 g/mol. The van der Waals surface area contributed by atoms with Crippen LogP contribution in [0.5, 0.6) is 23.0 Å². The highest BCUT2D eigenvalue weighted by atomic mass is 16.5. The van der Waals surface area contributed by atoms with Gasteiger partial charge in [-0.3, -0.25) is 4.79 Å². The number of hydrogen-bond acceptors (Lipinski definition) is 5. The number of rotatable bonds is 8. The zero-order valence-electron chi connectivity index (χ0n) is 16.7. The van der Waals surface area contributed by atoms with Crippen molar-refractivity contribution in [2.24, 2.45) is 0 Å². The summed E-state index contributed by atoms with van der Waals surface area (Å²) in [4.78, 5) is 14.4. The van der Waals surface area contributed by atoms with E-state index in [-0.39, 0.29) is 12.5 Å². The summed E-state index contributed by atoms with van der Waals surface area (Å²) in [6, 6.07) is 22.4. The number of benzene rings is 3. The number of para-hydroxylation sites is 3. The minimum atomic E-state index is -0.175. The molecule has 0 aliphatic carbocycles. The van der Waals surface area contributed by atoms with Crippen LogP contribution in [-0.4, -0.2) is 33.7 Å². The van der Waals surface area contributed by atoms with E-state index in [4.69, 9.17) is 14.2 Å². The molecule has 0 radical (unpaired) electrons. The zero-order chi connectivity index (χ0) is 20.6. The van der Waals surface area contributed by atoms with Gasteiger partial charge >= 0.3 is 0 Å². The first kappa shape index (κ1) is 20.1. The van der Waals surface area contributed by atoms with Crippen molar-refractivity contribution in [2.75, 3.05) is 38.0 Å². The molecule has 1 N–H and O–H groups in total. The van der Waals surface area contributed by atoms with Crippen molar-refractivity contribution in [2.45, 2.75) is 0 Å². The molecule has 0 heterocycles. The summed E-state index contributed by atoms with van der Waals surface area (Å²) in [7, 11) is 4.97. The van der Waals surface area contributed by atoms with E-state index in [9.17, 15) is 4.79 Å². The molecule has 3 rings (SSSR count). The number of carbonyl (C=O) groups is 1. The number of likely N-dealkylation sites (N-methyl/N-ethyl adjacent to an activating group) is 1. The van der Waals surface area contributed by atoms with E-state index in [1.807, 2.05) is 66.5 Å². The summed E-state index contributed by atoms with van der Waals surface area (Å²) in [6.07, 6.45) is 0. The Hall–Kier alpha value is -3.67. The largest absolute Gasteiger partial charge is 0.497 e. The van der Waals surface area contributed by atoms with Gasteiger partial charge in [-0.1, -0.05) is 30.3 Å². The van der Waals surface area contributed by atoms with Gasteiger partial charge in [0.1, 0.15) is 17.2 Å². The Morgan fingerprint density at radius 2 is 1.59 bits per heavy atom. The van der Waals surface area contributed by atoms with Crippen LogP contribution in [0.15, 0.2) is 72.8 Å². The third-order valence-corrected chi connectivity index (χ3v) is 4.31. The number of methoxy groups -OCH3 is 2. The lowest BCUT2D eigenvalue weighted by molar-refractivity contribution is -0.114. The topological polar surface area (TPSA) is 60.0 Å². The van der Waals surface area contributed by atoms with Crippen LogP contribution in [0.1, 0.15) is 0 Å². The van der Waals surface area contributed by atoms with Crippen molar-refractivity contribution in [3.8, 4) is 23.0 Å². The fourth-order valence-electron chi connectivity index (χ4n) is 2.87. The molecular weight excluding hydrogens is 368 g/mol. The second kappa shape index (κ2) is 9.50. The molecule has 29 heavy (non-hydrogen) atoms. The standard InChI is InChI=1S/C23H24N2O4/c1-25(16-23(26)24-19-14-13-18(27-2)15-22(19)28-3)20-11-7-8-12-21(20)29-17-9-5-4-6-10-17/h4-15H,16H2,1-3H3,(H,24,26). The minimum Gasteiger partial charge on any atom is -0.497 e. The molecule has 0 bridgehead atoms. The Morgan fingerprint density at radius 1 is 0.862 bits per heavy atom. The third kappa shape index (κ3) is 5.19. The molecule has 0 spiro atoms. The highest BCUT2D eigenvalue weighted by Gasteiger charge is 2.14. The van der Waals surface area contributed by atoms with Crippen molar-refractivity contribution >= 4 is 17.3 Å². The van der Waals surface area contributed by atoms with E-state index in [1.54, 1.807) is 32.4 Å². The first-order valence-electron chi connectivity index (χ1n) is 9.15. The number of nitrogens with one attached hydrogen (secondary N) is 1. The van der Waals surface area contributed by atoms with Crippen molar-refractivity contribution in [1.29, 1.82) is 0 Å². The molecule has 1 amide bonds. The van der Waals surface area contributed by atoms with E-state index in [1.165, 1.54) is 0 Å². The lowest BCUT2D eigenvalue weighted by atomic mass is 10.2. The van der Waals surface area contributed by atoms with E-state index in [0.717, 1.165) is 11.4 Å². The van der Waals surface area contributed by atoms with Crippen LogP contribution in [0.3, 0.4) is 0 Å². The molecule has 150 valence electrons. The summed E-state index contributed by atoms with van der Waals surface area (Å²) in [5, 5.41) is 2.88. The molecule has 0 saturated carbocycles. The molecule has 3 aromatic rings. The molecule has 0 unspecified atom stereocenters. The summed E-state index contributed by atoms with van der Waals surface area (Å²) >= 11 is 0. The Labute approximate surface area is 170 Å². The lowest BCUT2D eigenvalue weighted by Crippen LogP contribution is -2.30. The maximum atomic E-state index is 12.6. The first-order valence-corrected chi connectivity index (χ1v) is 9.15. The Balaban J connectivity index is 1.70. The van der Waals surface area contributed by atoms with Gasteiger partial charge in [-0.05, 0) is 36.4 Å². The fraction of sp³-hybridized carbons (Fsp3) is 0.174. The van der Waals surface area contributed by atoms with Crippen LogP contribution < -0.4 is 24.4 Å². The summed E-state index contributed by atoms with van der Waals surface area (Å²) in [5.41, 5.74) is 1.40. The van der Waals surface area contributed by atoms with Crippen LogP contribution in [0, 0.1) is 0 Å². The average Bonchev–Trinajstić information content (AvgIpc) is 2.75. The van der Waals surface area contributed by atoms with Crippen molar-refractivity contribution in [3.63, 3.8) is 0 Å². The van der Waals surface area contributed by atoms with Crippen LogP contribution >= 0.6 is 0 Å². The zero-order valence-corrected chi connectivity index (χ0v) is 16.7. The quantitative estimate of drug-likeness (QED) is 0.608. The molecule has 6 heteroatoms. The van der Waals surface area contributed by atoms with Crippen LogP contribution in [0.25, 0.3) is 0 Å². The first-order chi connectivity index (χ1) is 14.1. The van der Waals surface area contributed by atoms with E-state index >= 15 is 0 Å². The van der Waals surface area contributed by atoms with E-state index in [2.05, 4.69) is 5.32 Å². The second-order valence-corrected chi connectivity index (χ2v) is 6.35. The number of hydrogen-bond donors (Lipinski definition) is 1. The highest BCUT2D eigenvalue weighted by molar-refractivity contribution is 5.95. The van der Waals surface area contributed by atoms with E-state index in [0.29, 0.717) is 22.9 Å². The van der Waals surface area contributed by atoms with Gasteiger partial charge in [-0.15, -0.1) is 0 Å². The summed E-state index contributed by atoms with van der Waals surface area (Å²) in [6.45, 7) is 0.143. The number of carbonyl (C=O) groups excluding carboxylic acids is 1. The Bertz CT molecular complexity index is 960. The Kier molecular flexibility index (Phi) is 6.58. The molecule has 0 aliphatic heterocycles. The molecule has 0 aromatic heterocycles. The third-order valence-electron chi connectivity index (χ3n) is 4.31. The smallest absolute Gasteiger partial charge is 0.243 e. The van der Waals surface area contributed by atoms with E-state index < -0.39 is 0 Å². The van der Waals surface area contributed by atoms with Crippen LogP contribution in [0.4, 0.5) is 11.4 Å². The van der Waals surface area contributed by atoms with Gasteiger partial charge in [-0.25, -0.2) is 0 Å². The fourth-order valence-corrected chi connectivity index (χ4v) is 2.87. The SMILES string of the molecule is COc1ccc(NC(=O)CN(C)c2ccccc2Oc2ccccc2)c(OC)c1. The predicted molar refractivity (Wildman–Crippen MR) is 114 cm³/mol. The second-order valence-electron chi connectivity index (χ2n) is 6.35. The van der Waals surface area contributed by atoms with Gasteiger partial charge in [0.2, 0.25) is 5.91 Å². The van der Waals surface area contributed by atoms with Crippen LogP contribution in [0.2, 0.25) is 0 Å². The van der Waals surface area contributed by atoms with Gasteiger partial charge < -0.3 is 24.4 Å². The van der Waals surface area contributed by atoms with Crippen molar-refractivity contribution < 1.29 is 19.0 Å². The van der Waals surface area contributed by atoms with Crippen molar-refractivity contribution in [1.82, 2.24) is 0 Å². The minimum absolute atomic E-state index is 0.143.